The van der Waals surface area contributed by atoms with E-state index in [0.717, 1.165) is 10.0 Å². The van der Waals surface area contributed by atoms with Gasteiger partial charge in [-0.25, -0.2) is 4.79 Å². The molecule has 5 nitrogen and oxygen atoms in total. The minimum Gasteiger partial charge on any atom is -0.480 e. The van der Waals surface area contributed by atoms with Crippen molar-refractivity contribution in [3.8, 4) is 0 Å². The number of anilines is 1. The molecule has 92 valence electrons. The molecule has 0 fully saturated rings. The predicted octanol–water partition coefficient (Wildman–Crippen LogP) is 2.35. The number of carbonyl (C=O) groups is 2. The van der Waals surface area contributed by atoms with Gasteiger partial charge in [0.2, 0.25) is 0 Å². The quantitative estimate of drug-likeness (QED) is 0.802. The van der Waals surface area contributed by atoms with Crippen LogP contribution in [0, 0.1) is 6.92 Å². The number of amides is 2. The fraction of sp³-hybridized carbons (Fsp3) is 0.273. The van der Waals surface area contributed by atoms with E-state index in [4.69, 9.17) is 5.11 Å². The Morgan fingerprint density at radius 2 is 2.06 bits per heavy atom. The van der Waals surface area contributed by atoms with E-state index < -0.39 is 18.0 Å². The molecule has 0 bridgehead atoms. The van der Waals surface area contributed by atoms with Crippen LogP contribution in [0.2, 0.25) is 0 Å². The van der Waals surface area contributed by atoms with Gasteiger partial charge in [0.05, 0.1) is 5.69 Å². The number of nitrogens with one attached hydrogen (secondary N) is 2. The average Bonchev–Trinajstić information content (AvgIpc) is 2.24. The second-order valence-electron chi connectivity index (χ2n) is 3.59. The third-order valence-electron chi connectivity index (χ3n) is 2.16. The lowest BCUT2D eigenvalue weighted by Gasteiger charge is -2.12. The van der Waals surface area contributed by atoms with Crippen molar-refractivity contribution in [1.29, 1.82) is 0 Å². The number of hydrogen-bond acceptors (Lipinski definition) is 2. The SMILES string of the molecule is Cc1cccc(NC(=O)NC(C)C(=O)O)c1Br. The highest BCUT2D eigenvalue weighted by Gasteiger charge is 2.14. The lowest BCUT2D eigenvalue weighted by molar-refractivity contribution is -0.138. The van der Waals surface area contributed by atoms with E-state index in [-0.39, 0.29) is 0 Å². The molecule has 1 aromatic carbocycles. The Kier molecular flexibility index (Phi) is 4.51. The van der Waals surface area contributed by atoms with E-state index >= 15 is 0 Å². The largest absolute Gasteiger partial charge is 0.480 e. The van der Waals surface area contributed by atoms with Gasteiger partial charge in [0.25, 0.3) is 0 Å². The summed E-state index contributed by atoms with van der Waals surface area (Å²) in [5.74, 6) is -1.08. The maximum atomic E-state index is 11.5. The lowest BCUT2D eigenvalue weighted by atomic mass is 10.2. The molecule has 0 aliphatic carbocycles. The number of carbonyl (C=O) groups excluding carboxylic acids is 1. The van der Waals surface area contributed by atoms with Crippen LogP contribution < -0.4 is 10.6 Å². The molecular weight excluding hydrogens is 288 g/mol. The van der Waals surface area contributed by atoms with Crippen molar-refractivity contribution in [2.75, 3.05) is 5.32 Å². The highest BCUT2D eigenvalue weighted by molar-refractivity contribution is 9.10. The molecule has 1 unspecified atom stereocenters. The van der Waals surface area contributed by atoms with Gasteiger partial charge in [-0.3, -0.25) is 4.79 Å². The standard InChI is InChI=1S/C11H13BrN2O3/c1-6-4-3-5-8(9(6)12)14-11(17)13-7(2)10(15)16/h3-5,7H,1-2H3,(H,15,16)(H2,13,14,17). The van der Waals surface area contributed by atoms with Gasteiger partial charge >= 0.3 is 12.0 Å². The van der Waals surface area contributed by atoms with Gasteiger partial charge in [-0.15, -0.1) is 0 Å². The van der Waals surface area contributed by atoms with Crippen molar-refractivity contribution in [3.63, 3.8) is 0 Å². The predicted molar refractivity (Wildman–Crippen MR) is 68.1 cm³/mol. The molecule has 0 saturated carbocycles. The van der Waals surface area contributed by atoms with Crippen LogP contribution in [0.15, 0.2) is 22.7 Å². The van der Waals surface area contributed by atoms with Crippen molar-refractivity contribution in [2.45, 2.75) is 19.9 Å². The van der Waals surface area contributed by atoms with Crippen molar-refractivity contribution in [2.24, 2.45) is 0 Å². The van der Waals surface area contributed by atoms with E-state index in [1.165, 1.54) is 6.92 Å². The summed E-state index contributed by atoms with van der Waals surface area (Å²) in [4.78, 5) is 22.0. The van der Waals surface area contributed by atoms with Crippen LogP contribution in [0.3, 0.4) is 0 Å². The summed E-state index contributed by atoms with van der Waals surface area (Å²) in [5.41, 5.74) is 1.58. The molecule has 0 heterocycles. The van der Waals surface area contributed by atoms with Crippen LogP contribution in [-0.4, -0.2) is 23.1 Å². The Morgan fingerprint density at radius 3 is 2.65 bits per heavy atom. The molecule has 0 spiro atoms. The molecule has 6 heteroatoms. The van der Waals surface area contributed by atoms with Crippen LogP contribution in [-0.2, 0) is 4.79 Å². The summed E-state index contributed by atoms with van der Waals surface area (Å²) in [6.07, 6.45) is 0. The Hall–Kier alpha value is -1.56. The smallest absolute Gasteiger partial charge is 0.325 e. The first-order valence-corrected chi connectivity index (χ1v) is 5.76. The summed E-state index contributed by atoms with van der Waals surface area (Å²) in [6, 6.07) is 3.94. The molecule has 3 N–H and O–H groups in total. The Balaban J connectivity index is 2.69. The van der Waals surface area contributed by atoms with Gasteiger partial charge in [-0.1, -0.05) is 12.1 Å². The number of rotatable bonds is 3. The first-order chi connectivity index (χ1) is 7.91. The van der Waals surface area contributed by atoms with Crippen LogP contribution in [0.5, 0.6) is 0 Å². The van der Waals surface area contributed by atoms with Gasteiger partial charge in [0.15, 0.2) is 0 Å². The molecule has 1 aromatic rings. The molecule has 0 radical (unpaired) electrons. The first-order valence-electron chi connectivity index (χ1n) is 4.97. The van der Waals surface area contributed by atoms with Crippen molar-refractivity contribution in [1.82, 2.24) is 5.32 Å². The maximum absolute atomic E-state index is 11.5. The second-order valence-corrected chi connectivity index (χ2v) is 4.39. The normalized spacial score (nSPS) is 11.7. The third kappa shape index (κ3) is 3.74. The lowest BCUT2D eigenvalue weighted by Crippen LogP contribution is -2.40. The second kappa shape index (κ2) is 5.67. The van der Waals surface area contributed by atoms with Crippen LogP contribution in [0.1, 0.15) is 12.5 Å². The topological polar surface area (TPSA) is 78.4 Å². The minimum atomic E-state index is -1.08. The highest BCUT2D eigenvalue weighted by Crippen LogP contribution is 2.25. The number of halogens is 1. The summed E-state index contributed by atoms with van der Waals surface area (Å²) in [7, 11) is 0. The summed E-state index contributed by atoms with van der Waals surface area (Å²) in [5, 5.41) is 13.5. The van der Waals surface area contributed by atoms with Crippen molar-refractivity contribution >= 4 is 33.6 Å². The first kappa shape index (κ1) is 13.5. The number of carboxylic acid groups (broad SMARTS) is 1. The number of benzene rings is 1. The van der Waals surface area contributed by atoms with Gasteiger partial charge in [0.1, 0.15) is 6.04 Å². The molecule has 0 aliphatic heterocycles. The summed E-state index contributed by atoms with van der Waals surface area (Å²) < 4.78 is 0.776. The molecular formula is C11H13BrN2O3. The summed E-state index contributed by atoms with van der Waals surface area (Å²) in [6.45, 7) is 3.29. The van der Waals surface area contributed by atoms with Crippen LogP contribution >= 0.6 is 15.9 Å². The molecule has 2 amide bonds. The molecule has 0 aliphatic rings. The maximum Gasteiger partial charge on any atom is 0.325 e. The zero-order chi connectivity index (χ0) is 13.0. The van der Waals surface area contributed by atoms with E-state index in [0.29, 0.717) is 5.69 Å². The van der Waals surface area contributed by atoms with Gasteiger partial charge < -0.3 is 15.7 Å². The Morgan fingerprint density at radius 1 is 1.41 bits per heavy atom. The van der Waals surface area contributed by atoms with E-state index in [1.54, 1.807) is 12.1 Å². The zero-order valence-corrected chi connectivity index (χ0v) is 11.0. The fourth-order valence-electron chi connectivity index (χ4n) is 1.16. The zero-order valence-electron chi connectivity index (χ0n) is 9.45. The minimum absolute atomic E-state index is 0.550. The van der Waals surface area contributed by atoms with Gasteiger partial charge in [0, 0.05) is 4.47 Å². The Bertz CT molecular complexity index is 448. The highest BCUT2D eigenvalue weighted by atomic mass is 79.9. The van der Waals surface area contributed by atoms with Gasteiger partial charge in [-0.2, -0.15) is 0 Å². The number of hydrogen-bond donors (Lipinski definition) is 3. The van der Waals surface area contributed by atoms with Crippen molar-refractivity contribution < 1.29 is 14.7 Å². The van der Waals surface area contributed by atoms with E-state index in [2.05, 4.69) is 26.6 Å². The Labute approximate surface area is 107 Å². The summed E-state index contributed by atoms with van der Waals surface area (Å²) >= 11 is 3.35. The molecule has 1 rings (SSSR count). The molecule has 0 aromatic heterocycles. The number of urea groups is 1. The van der Waals surface area contributed by atoms with Gasteiger partial charge in [-0.05, 0) is 41.4 Å². The van der Waals surface area contributed by atoms with Crippen LogP contribution in [0.25, 0.3) is 0 Å². The monoisotopic (exact) mass is 300 g/mol. The number of aryl methyl sites for hydroxylation is 1. The van der Waals surface area contributed by atoms with E-state index in [1.807, 2.05) is 13.0 Å². The molecule has 1 atom stereocenters. The number of aliphatic carboxylic acids is 1. The van der Waals surface area contributed by atoms with Crippen LogP contribution in [0.4, 0.5) is 10.5 Å². The molecule has 0 saturated heterocycles. The van der Waals surface area contributed by atoms with E-state index in [9.17, 15) is 9.59 Å². The van der Waals surface area contributed by atoms with Crippen molar-refractivity contribution in [3.05, 3.63) is 28.2 Å². The number of carboxylic acids is 1. The molecule has 17 heavy (non-hydrogen) atoms. The average molecular weight is 301 g/mol. The third-order valence-corrected chi connectivity index (χ3v) is 3.21. The fourth-order valence-corrected chi connectivity index (χ4v) is 1.52.